The Morgan fingerprint density at radius 1 is 1.64 bits per heavy atom. The molecule has 0 spiro atoms. The first-order valence-electron chi connectivity index (χ1n) is 4.17. The minimum Gasteiger partial charge on any atom is -0.232 e. The van der Waals surface area contributed by atoms with Crippen molar-refractivity contribution < 1.29 is 8.42 Å². The van der Waals surface area contributed by atoms with Crippen LogP contribution in [0.2, 0.25) is 4.47 Å². The maximum atomic E-state index is 11.5. The molecule has 1 aromatic heterocycles. The largest absolute Gasteiger partial charge is 0.251 e. The van der Waals surface area contributed by atoms with Crippen LogP contribution in [-0.4, -0.2) is 19.9 Å². The highest BCUT2D eigenvalue weighted by molar-refractivity contribution is 7.91. The van der Waals surface area contributed by atoms with Crippen molar-refractivity contribution in [3.8, 4) is 0 Å². The lowest BCUT2D eigenvalue weighted by Gasteiger charge is -2.01. The summed E-state index contributed by atoms with van der Waals surface area (Å²) in [5.74, 6) is 0. The van der Waals surface area contributed by atoms with Crippen molar-refractivity contribution in [2.24, 2.45) is 0 Å². The molecule has 0 saturated carbocycles. The maximum absolute atomic E-state index is 11.5. The number of halogens is 1. The van der Waals surface area contributed by atoms with Gasteiger partial charge < -0.3 is 0 Å². The van der Waals surface area contributed by atoms with Crippen molar-refractivity contribution in [1.82, 2.24) is 9.71 Å². The van der Waals surface area contributed by atoms with Crippen LogP contribution in [0.1, 0.15) is 19.8 Å². The van der Waals surface area contributed by atoms with Gasteiger partial charge in [-0.05, 0) is 6.42 Å². The Kier molecular flexibility index (Phi) is 4.31. The van der Waals surface area contributed by atoms with Crippen LogP contribution in [-0.2, 0) is 10.0 Å². The van der Waals surface area contributed by atoms with Crippen LogP contribution < -0.4 is 4.72 Å². The van der Waals surface area contributed by atoms with Crippen LogP contribution in [0.4, 0.5) is 0 Å². The van der Waals surface area contributed by atoms with Gasteiger partial charge in [0, 0.05) is 6.54 Å². The van der Waals surface area contributed by atoms with E-state index in [0.29, 0.717) is 6.54 Å². The summed E-state index contributed by atoms with van der Waals surface area (Å²) in [5.41, 5.74) is 0. The van der Waals surface area contributed by atoms with E-state index >= 15 is 0 Å². The maximum Gasteiger partial charge on any atom is 0.251 e. The van der Waals surface area contributed by atoms with E-state index in [4.69, 9.17) is 11.6 Å². The molecule has 7 heteroatoms. The van der Waals surface area contributed by atoms with E-state index in [1.807, 2.05) is 6.92 Å². The average Bonchev–Trinajstić information content (AvgIpc) is 2.53. The van der Waals surface area contributed by atoms with Crippen LogP contribution in [0.15, 0.2) is 10.4 Å². The normalized spacial score (nSPS) is 11.9. The number of aromatic nitrogens is 1. The van der Waals surface area contributed by atoms with E-state index in [0.717, 1.165) is 24.2 Å². The molecule has 0 amide bonds. The zero-order valence-corrected chi connectivity index (χ0v) is 10.0. The van der Waals surface area contributed by atoms with Crippen molar-refractivity contribution in [3.05, 3.63) is 10.7 Å². The van der Waals surface area contributed by atoms with Gasteiger partial charge in [-0.2, -0.15) is 0 Å². The Bertz CT molecular complexity index is 388. The lowest BCUT2D eigenvalue weighted by atomic mass is 10.3. The molecule has 0 unspecified atom stereocenters. The first-order chi connectivity index (χ1) is 6.56. The molecule has 1 aromatic rings. The molecule has 4 nitrogen and oxygen atoms in total. The van der Waals surface area contributed by atoms with Gasteiger partial charge in [0.1, 0.15) is 0 Å². The van der Waals surface area contributed by atoms with E-state index < -0.39 is 10.0 Å². The first-order valence-corrected chi connectivity index (χ1v) is 6.85. The van der Waals surface area contributed by atoms with E-state index in [2.05, 4.69) is 9.71 Å². The smallest absolute Gasteiger partial charge is 0.232 e. The highest BCUT2D eigenvalue weighted by Crippen LogP contribution is 2.21. The van der Waals surface area contributed by atoms with Gasteiger partial charge in [-0.1, -0.05) is 36.3 Å². The Balaban J connectivity index is 2.66. The standard InChI is InChI=1S/C7H11ClN2O2S2/c1-2-3-4-10-14(11,12)6-5-9-7(8)13-6/h5,10H,2-4H2,1H3. The van der Waals surface area contributed by atoms with E-state index in [-0.39, 0.29) is 8.68 Å². The monoisotopic (exact) mass is 254 g/mol. The minimum absolute atomic E-state index is 0.165. The first kappa shape index (κ1) is 11.9. The van der Waals surface area contributed by atoms with Crippen LogP contribution >= 0.6 is 22.9 Å². The zero-order valence-electron chi connectivity index (χ0n) is 7.66. The second-order valence-corrected chi connectivity index (χ2v) is 6.29. The fourth-order valence-corrected chi connectivity index (χ4v) is 3.23. The highest BCUT2D eigenvalue weighted by atomic mass is 35.5. The summed E-state index contributed by atoms with van der Waals surface area (Å²) >= 11 is 6.50. The molecule has 1 heterocycles. The lowest BCUT2D eigenvalue weighted by molar-refractivity contribution is 0.580. The third-order valence-corrected chi connectivity index (χ3v) is 4.58. The van der Waals surface area contributed by atoms with Gasteiger partial charge in [-0.25, -0.2) is 18.1 Å². The molecule has 0 fully saturated rings. The van der Waals surface area contributed by atoms with Gasteiger partial charge in [-0.15, -0.1) is 0 Å². The summed E-state index contributed by atoms with van der Waals surface area (Å²) in [4.78, 5) is 3.68. The van der Waals surface area contributed by atoms with Gasteiger partial charge in [0.15, 0.2) is 8.68 Å². The molecule has 0 bridgehead atoms. The van der Waals surface area contributed by atoms with Gasteiger partial charge in [0.25, 0.3) is 10.0 Å². The number of sulfonamides is 1. The summed E-state index contributed by atoms with van der Waals surface area (Å²) in [5, 5.41) is 0. The molecule has 0 aromatic carbocycles. The summed E-state index contributed by atoms with van der Waals surface area (Å²) in [6.45, 7) is 2.45. The fourth-order valence-electron chi connectivity index (χ4n) is 0.818. The third-order valence-electron chi connectivity index (χ3n) is 1.54. The number of nitrogens with one attached hydrogen (secondary N) is 1. The number of thiazole rings is 1. The number of hydrogen-bond donors (Lipinski definition) is 1. The molecule has 0 aliphatic heterocycles. The molecule has 0 aliphatic rings. The second-order valence-electron chi connectivity index (χ2n) is 2.68. The van der Waals surface area contributed by atoms with Crippen molar-refractivity contribution >= 4 is 33.0 Å². The van der Waals surface area contributed by atoms with Crippen molar-refractivity contribution in [2.45, 2.75) is 24.0 Å². The summed E-state index contributed by atoms with van der Waals surface area (Å²) in [7, 11) is -3.39. The molecule has 1 N–H and O–H groups in total. The van der Waals surface area contributed by atoms with Crippen molar-refractivity contribution in [3.63, 3.8) is 0 Å². The van der Waals surface area contributed by atoms with Crippen LogP contribution in [0.5, 0.6) is 0 Å². The van der Waals surface area contributed by atoms with Gasteiger partial charge >= 0.3 is 0 Å². The lowest BCUT2D eigenvalue weighted by Crippen LogP contribution is -2.23. The van der Waals surface area contributed by atoms with Gasteiger partial charge in [-0.3, -0.25) is 0 Å². The predicted octanol–water partition coefficient (Wildman–Crippen LogP) is 1.87. The van der Waals surface area contributed by atoms with Crippen molar-refractivity contribution in [2.75, 3.05) is 6.54 Å². The van der Waals surface area contributed by atoms with Gasteiger partial charge in [0.05, 0.1) is 6.20 Å². The summed E-state index contributed by atoms with van der Waals surface area (Å²) in [6.07, 6.45) is 3.04. The Hall–Kier alpha value is -0.170. The summed E-state index contributed by atoms with van der Waals surface area (Å²) < 4.78 is 25.9. The summed E-state index contributed by atoms with van der Waals surface area (Å²) in [6, 6.07) is 0. The predicted molar refractivity (Wildman–Crippen MR) is 57.2 cm³/mol. The second kappa shape index (κ2) is 5.06. The molecule has 14 heavy (non-hydrogen) atoms. The Morgan fingerprint density at radius 2 is 2.36 bits per heavy atom. The van der Waals surface area contributed by atoms with Crippen molar-refractivity contribution in [1.29, 1.82) is 0 Å². The molecule has 1 rings (SSSR count). The average molecular weight is 255 g/mol. The molecule has 0 saturated heterocycles. The molecule has 0 radical (unpaired) electrons. The molecule has 0 aliphatic carbocycles. The highest BCUT2D eigenvalue weighted by Gasteiger charge is 2.16. The SMILES string of the molecule is CCCCNS(=O)(=O)c1cnc(Cl)s1. The molecule has 80 valence electrons. The Morgan fingerprint density at radius 3 is 2.86 bits per heavy atom. The van der Waals surface area contributed by atoms with Crippen LogP contribution in [0.3, 0.4) is 0 Å². The number of rotatable bonds is 5. The van der Waals surface area contributed by atoms with E-state index in [1.54, 1.807) is 0 Å². The molecular formula is C7H11ClN2O2S2. The third kappa shape index (κ3) is 3.20. The quantitative estimate of drug-likeness (QED) is 0.817. The Labute approximate surface area is 92.4 Å². The van der Waals surface area contributed by atoms with E-state index in [9.17, 15) is 8.42 Å². The zero-order chi connectivity index (χ0) is 10.6. The van der Waals surface area contributed by atoms with Gasteiger partial charge in [0.2, 0.25) is 0 Å². The van der Waals surface area contributed by atoms with Crippen LogP contribution in [0, 0.1) is 0 Å². The molecular weight excluding hydrogens is 244 g/mol. The fraction of sp³-hybridized carbons (Fsp3) is 0.571. The number of hydrogen-bond acceptors (Lipinski definition) is 4. The van der Waals surface area contributed by atoms with E-state index in [1.165, 1.54) is 6.20 Å². The number of unbranched alkanes of at least 4 members (excludes halogenated alkanes) is 1. The molecule has 0 atom stereocenters. The van der Waals surface area contributed by atoms with Crippen LogP contribution in [0.25, 0.3) is 0 Å². The minimum atomic E-state index is -3.39. The topological polar surface area (TPSA) is 59.1 Å². The number of nitrogens with zero attached hydrogens (tertiary/aromatic N) is 1.